The second kappa shape index (κ2) is 6.71. The van der Waals surface area contributed by atoms with Crippen LogP contribution in [-0.4, -0.2) is 27.5 Å². The molecule has 1 atom stereocenters. The van der Waals surface area contributed by atoms with Crippen molar-refractivity contribution in [1.82, 2.24) is 4.72 Å². The molecule has 1 aromatic rings. The van der Waals surface area contributed by atoms with Crippen LogP contribution in [0, 0.1) is 0 Å². The van der Waals surface area contributed by atoms with E-state index in [9.17, 15) is 18.3 Å². The predicted octanol–water partition coefficient (Wildman–Crippen LogP) is 0.526. The Morgan fingerprint density at radius 1 is 1.45 bits per heavy atom. The van der Waals surface area contributed by atoms with Crippen molar-refractivity contribution in [3.05, 3.63) is 23.8 Å². The maximum atomic E-state index is 12.3. The van der Waals surface area contributed by atoms with Gasteiger partial charge in [-0.1, -0.05) is 13.3 Å². The van der Waals surface area contributed by atoms with Gasteiger partial charge in [0.2, 0.25) is 10.0 Å². The van der Waals surface area contributed by atoms with E-state index in [4.69, 9.17) is 4.74 Å². The molecule has 0 unspecified atom stereocenters. The van der Waals surface area contributed by atoms with Crippen LogP contribution in [0.5, 0.6) is 5.75 Å². The van der Waals surface area contributed by atoms with Gasteiger partial charge in [-0.2, -0.15) is 0 Å². The zero-order chi connectivity index (χ0) is 15.3. The molecule has 0 aliphatic rings. The van der Waals surface area contributed by atoms with Gasteiger partial charge in [0.15, 0.2) is 0 Å². The van der Waals surface area contributed by atoms with Crippen LogP contribution in [0.25, 0.3) is 0 Å². The SMILES string of the molecule is CCC[C@@H](C)NS(=O)(=O)c1cc(C(=O)[O-])ccc1OC. The van der Waals surface area contributed by atoms with Crippen LogP contribution in [0.3, 0.4) is 0 Å². The van der Waals surface area contributed by atoms with Gasteiger partial charge in [0.25, 0.3) is 0 Å². The number of carbonyl (C=O) groups is 1. The van der Waals surface area contributed by atoms with Gasteiger partial charge < -0.3 is 14.6 Å². The number of ether oxygens (including phenoxy) is 1. The van der Waals surface area contributed by atoms with E-state index in [0.717, 1.165) is 12.5 Å². The number of hydrogen-bond donors (Lipinski definition) is 1. The molecule has 0 saturated carbocycles. The van der Waals surface area contributed by atoms with Crippen molar-refractivity contribution in [3.63, 3.8) is 0 Å². The summed E-state index contributed by atoms with van der Waals surface area (Å²) in [5.41, 5.74) is -0.214. The molecule has 20 heavy (non-hydrogen) atoms. The number of sulfonamides is 1. The molecule has 7 heteroatoms. The Hall–Kier alpha value is -1.60. The summed E-state index contributed by atoms with van der Waals surface area (Å²) in [4.78, 5) is 10.6. The molecular formula is C13H18NO5S-. The summed E-state index contributed by atoms with van der Waals surface area (Å²) < 4.78 is 32.0. The number of rotatable bonds is 7. The van der Waals surface area contributed by atoms with Crippen LogP contribution in [0.4, 0.5) is 0 Å². The summed E-state index contributed by atoms with van der Waals surface area (Å²) in [5, 5.41) is 10.8. The highest BCUT2D eigenvalue weighted by Gasteiger charge is 2.22. The van der Waals surface area contributed by atoms with Crippen molar-refractivity contribution in [2.45, 2.75) is 37.6 Å². The van der Waals surface area contributed by atoms with Crippen LogP contribution in [-0.2, 0) is 10.0 Å². The molecule has 0 fully saturated rings. The van der Waals surface area contributed by atoms with Crippen molar-refractivity contribution < 1.29 is 23.1 Å². The molecule has 1 aromatic carbocycles. The van der Waals surface area contributed by atoms with Crippen LogP contribution in [0.2, 0.25) is 0 Å². The van der Waals surface area contributed by atoms with Gasteiger partial charge in [-0.05, 0) is 37.1 Å². The summed E-state index contributed by atoms with van der Waals surface area (Å²) in [6, 6.07) is 3.32. The first-order valence-electron chi connectivity index (χ1n) is 6.23. The standard InChI is InChI=1S/C13H19NO5S/c1-4-5-9(2)14-20(17,18)12-8-10(13(15)16)6-7-11(12)19-3/h6-9,14H,4-5H2,1-3H3,(H,15,16)/p-1/t9-/m1/s1. The van der Waals surface area contributed by atoms with Crippen molar-refractivity contribution in [2.24, 2.45) is 0 Å². The van der Waals surface area contributed by atoms with Gasteiger partial charge in [0.1, 0.15) is 10.6 Å². The molecule has 0 radical (unpaired) electrons. The minimum Gasteiger partial charge on any atom is -0.545 e. The number of hydrogen-bond acceptors (Lipinski definition) is 5. The lowest BCUT2D eigenvalue weighted by Gasteiger charge is -2.16. The predicted molar refractivity (Wildman–Crippen MR) is 72.0 cm³/mol. The first kappa shape index (κ1) is 16.5. The molecule has 6 nitrogen and oxygen atoms in total. The molecule has 112 valence electrons. The lowest BCUT2D eigenvalue weighted by molar-refractivity contribution is -0.255. The van der Waals surface area contributed by atoms with Crippen LogP contribution < -0.4 is 14.6 Å². The van der Waals surface area contributed by atoms with Crippen molar-refractivity contribution in [3.8, 4) is 5.75 Å². The summed E-state index contributed by atoms with van der Waals surface area (Å²) in [7, 11) is -2.52. The highest BCUT2D eigenvalue weighted by atomic mass is 32.2. The summed E-state index contributed by atoms with van der Waals surface area (Å²) in [6.45, 7) is 3.69. The maximum Gasteiger partial charge on any atom is 0.244 e. The van der Waals surface area contributed by atoms with Crippen LogP contribution in [0.15, 0.2) is 23.1 Å². The lowest BCUT2D eigenvalue weighted by Crippen LogP contribution is -2.33. The van der Waals surface area contributed by atoms with Gasteiger partial charge in [-0.15, -0.1) is 0 Å². The third-order valence-electron chi connectivity index (χ3n) is 2.77. The van der Waals surface area contributed by atoms with E-state index in [-0.39, 0.29) is 22.3 Å². The molecule has 0 saturated heterocycles. The molecular weight excluding hydrogens is 282 g/mol. The van der Waals surface area contributed by atoms with E-state index in [2.05, 4.69) is 4.72 Å². The Labute approximate surface area is 118 Å². The number of nitrogens with one attached hydrogen (secondary N) is 1. The fourth-order valence-corrected chi connectivity index (χ4v) is 3.31. The highest BCUT2D eigenvalue weighted by Crippen LogP contribution is 2.25. The van der Waals surface area contributed by atoms with Crippen LogP contribution >= 0.6 is 0 Å². The zero-order valence-electron chi connectivity index (χ0n) is 11.7. The summed E-state index contributed by atoms with van der Waals surface area (Å²) >= 11 is 0. The quantitative estimate of drug-likeness (QED) is 0.792. The number of carbonyl (C=O) groups excluding carboxylic acids is 1. The smallest absolute Gasteiger partial charge is 0.244 e. The molecule has 0 bridgehead atoms. The normalized spacial score (nSPS) is 12.9. The number of carboxylic acids is 1. The Balaban J connectivity index is 3.21. The largest absolute Gasteiger partial charge is 0.545 e. The van der Waals surface area contributed by atoms with Gasteiger partial charge in [-0.3, -0.25) is 0 Å². The minimum absolute atomic E-state index is 0.0891. The third kappa shape index (κ3) is 3.94. The fraction of sp³-hybridized carbons (Fsp3) is 0.462. The monoisotopic (exact) mass is 300 g/mol. The Bertz CT molecular complexity index is 582. The van der Waals surface area contributed by atoms with Crippen LogP contribution in [0.1, 0.15) is 37.0 Å². The highest BCUT2D eigenvalue weighted by molar-refractivity contribution is 7.89. The lowest BCUT2D eigenvalue weighted by atomic mass is 10.2. The van der Waals surface area contributed by atoms with Gasteiger partial charge in [-0.25, -0.2) is 13.1 Å². The molecule has 1 rings (SSSR count). The number of methoxy groups -OCH3 is 1. The third-order valence-corrected chi connectivity index (χ3v) is 4.38. The average Bonchev–Trinajstić information content (AvgIpc) is 2.37. The molecule has 0 heterocycles. The average molecular weight is 300 g/mol. The van der Waals surface area contributed by atoms with Gasteiger partial charge in [0.05, 0.1) is 13.1 Å². The van der Waals surface area contributed by atoms with E-state index < -0.39 is 16.0 Å². The van der Waals surface area contributed by atoms with E-state index >= 15 is 0 Å². The maximum absolute atomic E-state index is 12.3. The van der Waals surface area contributed by atoms with Crippen molar-refractivity contribution in [2.75, 3.05) is 7.11 Å². The molecule has 0 aromatic heterocycles. The van der Waals surface area contributed by atoms with E-state index in [1.807, 2.05) is 6.92 Å². The summed E-state index contributed by atoms with van der Waals surface area (Å²) in [5.74, 6) is -1.35. The molecule has 1 N–H and O–H groups in total. The number of benzene rings is 1. The van der Waals surface area contributed by atoms with Gasteiger partial charge >= 0.3 is 0 Å². The Kier molecular flexibility index (Phi) is 5.52. The molecule has 0 aliphatic heterocycles. The Morgan fingerprint density at radius 3 is 2.60 bits per heavy atom. The second-order valence-corrected chi connectivity index (χ2v) is 6.15. The second-order valence-electron chi connectivity index (χ2n) is 4.46. The van der Waals surface area contributed by atoms with E-state index in [1.165, 1.54) is 19.2 Å². The minimum atomic E-state index is -3.85. The van der Waals surface area contributed by atoms with E-state index in [0.29, 0.717) is 6.42 Å². The number of carboxylic acid groups (broad SMARTS) is 1. The summed E-state index contributed by atoms with van der Waals surface area (Å²) in [6.07, 6.45) is 1.52. The topological polar surface area (TPSA) is 95.5 Å². The Morgan fingerprint density at radius 2 is 2.10 bits per heavy atom. The van der Waals surface area contributed by atoms with E-state index in [1.54, 1.807) is 6.92 Å². The van der Waals surface area contributed by atoms with Gasteiger partial charge in [0, 0.05) is 6.04 Å². The molecule has 0 amide bonds. The fourth-order valence-electron chi connectivity index (χ4n) is 1.83. The molecule has 0 aliphatic carbocycles. The zero-order valence-corrected chi connectivity index (χ0v) is 12.5. The first-order valence-corrected chi connectivity index (χ1v) is 7.71. The number of aromatic carboxylic acids is 1. The van der Waals surface area contributed by atoms with Crippen molar-refractivity contribution in [1.29, 1.82) is 0 Å². The van der Waals surface area contributed by atoms with Crippen molar-refractivity contribution >= 4 is 16.0 Å². The molecule has 0 spiro atoms. The first-order chi connectivity index (χ1) is 9.31.